The zero-order valence-electron chi connectivity index (χ0n) is 12.5. The van der Waals surface area contributed by atoms with Crippen LogP contribution in [0, 0.1) is 5.92 Å². The lowest BCUT2D eigenvalue weighted by Crippen LogP contribution is -2.29. The van der Waals surface area contributed by atoms with Gasteiger partial charge in [0.2, 0.25) is 11.9 Å². The average molecular weight is 299 g/mol. The van der Waals surface area contributed by atoms with Crippen LogP contribution in [0.5, 0.6) is 0 Å². The van der Waals surface area contributed by atoms with Gasteiger partial charge in [0.25, 0.3) is 0 Å². The second-order valence-corrected chi connectivity index (χ2v) is 5.98. The van der Waals surface area contributed by atoms with E-state index in [1.54, 1.807) is 0 Å². The van der Waals surface area contributed by atoms with Crippen LogP contribution in [0.1, 0.15) is 32.1 Å². The predicted molar refractivity (Wildman–Crippen MR) is 87.1 cm³/mol. The minimum absolute atomic E-state index is 0.206. The molecule has 22 heavy (non-hydrogen) atoms. The first-order valence-electron chi connectivity index (χ1n) is 7.69. The fourth-order valence-corrected chi connectivity index (χ4v) is 3.14. The van der Waals surface area contributed by atoms with Crippen molar-refractivity contribution in [2.45, 2.75) is 38.1 Å². The molecule has 0 spiro atoms. The number of carbonyl (C=O) groups excluding carboxylic acids is 1. The molecule has 116 valence electrons. The summed E-state index contributed by atoms with van der Waals surface area (Å²) in [4.78, 5) is 19.8. The Hall–Kier alpha value is -2.37. The number of amides is 1. The smallest absolute Gasteiger partial charge is 0.225 e. The van der Waals surface area contributed by atoms with Crippen LogP contribution in [0.4, 0.5) is 11.8 Å². The van der Waals surface area contributed by atoms with Gasteiger partial charge in [-0.3, -0.25) is 4.79 Å². The molecule has 0 bridgehead atoms. The van der Waals surface area contributed by atoms with E-state index in [2.05, 4.69) is 15.3 Å². The van der Waals surface area contributed by atoms with Gasteiger partial charge in [0.15, 0.2) is 0 Å². The molecule has 6 nitrogen and oxygen atoms in total. The number of benzene rings is 1. The van der Waals surface area contributed by atoms with Crippen LogP contribution in [0.3, 0.4) is 0 Å². The van der Waals surface area contributed by atoms with Crippen molar-refractivity contribution in [1.29, 1.82) is 0 Å². The van der Waals surface area contributed by atoms with Crippen LogP contribution in [-0.2, 0) is 4.79 Å². The maximum Gasteiger partial charge on any atom is 0.225 e. The molecule has 1 amide bonds. The third-order valence-corrected chi connectivity index (χ3v) is 4.30. The average Bonchev–Trinajstić information content (AvgIpc) is 2.49. The maximum absolute atomic E-state index is 11.0. The van der Waals surface area contributed by atoms with Crippen LogP contribution in [0.15, 0.2) is 24.3 Å². The number of primary amides is 1. The van der Waals surface area contributed by atoms with E-state index >= 15 is 0 Å². The van der Waals surface area contributed by atoms with E-state index in [9.17, 15) is 4.79 Å². The van der Waals surface area contributed by atoms with E-state index in [4.69, 9.17) is 11.5 Å². The number of aromatic nitrogens is 2. The van der Waals surface area contributed by atoms with Gasteiger partial charge in [0, 0.05) is 17.8 Å². The molecule has 1 aliphatic rings. The highest BCUT2D eigenvalue weighted by molar-refractivity contribution is 5.88. The van der Waals surface area contributed by atoms with E-state index in [-0.39, 0.29) is 5.91 Å². The molecule has 0 atom stereocenters. The fourth-order valence-electron chi connectivity index (χ4n) is 3.14. The first kappa shape index (κ1) is 14.6. The number of nitrogen functional groups attached to an aromatic ring is 1. The molecule has 1 fully saturated rings. The lowest BCUT2D eigenvalue weighted by Gasteiger charge is -2.28. The highest BCUT2D eigenvalue weighted by atomic mass is 16.1. The van der Waals surface area contributed by atoms with Crippen LogP contribution < -0.4 is 16.8 Å². The van der Waals surface area contributed by atoms with Gasteiger partial charge in [0.1, 0.15) is 5.82 Å². The number of nitrogens with one attached hydrogen (secondary N) is 1. The van der Waals surface area contributed by atoms with Crippen molar-refractivity contribution in [3.05, 3.63) is 24.3 Å². The van der Waals surface area contributed by atoms with Gasteiger partial charge in [-0.2, -0.15) is 4.98 Å². The first-order valence-corrected chi connectivity index (χ1v) is 7.69. The van der Waals surface area contributed by atoms with Crippen molar-refractivity contribution in [3.63, 3.8) is 0 Å². The minimum atomic E-state index is -0.206. The highest BCUT2D eigenvalue weighted by Gasteiger charge is 2.23. The summed E-state index contributed by atoms with van der Waals surface area (Å²) < 4.78 is 0. The molecule has 6 heteroatoms. The molecule has 1 aliphatic carbocycles. The second-order valence-electron chi connectivity index (χ2n) is 5.98. The van der Waals surface area contributed by atoms with Gasteiger partial charge >= 0.3 is 0 Å². The van der Waals surface area contributed by atoms with Crippen molar-refractivity contribution in [1.82, 2.24) is 9.97 Å². The molecule has 1 aromatic carbocycles. The molecule has 1 aromatic heterocycles. The van der Waals surface area contributed by atoms with Crippen LogP contribution >= 0.6 is 0 Å². The number of anilines is 2. The summed E-state index contributed by atoms with van der Waals surface area (Å²) >= 11 is 0. The molecule has 0 saturated heterocycles. The van der Waals surface area contributed by atoms with Crippen molar-refractivity contribution in [2.24, 2.45) is 11.7 Å². The molecule has 1 heterocycles. The zero-order chi connectivity index (χ0) is 15.5. The summed E-state index contributed by atoms with van der Waals surface area (Å²) in [6.07, 6.45) is 4.49. The monoisotopic (exact) mass is 299 g/mol. The van der Waals surface area contributed by atoms with E-state index in [0.29, 0.717) is 30.1 Å². The van der Waals surface area contributed by atoms with Crippen molar-refractivity contribution in [2.75, 3.05) is 11.1 Å². The Morgan fingerprint density at radius 2 is 1.91 bits per heavy atom. The normalized spacial score (nSPS) is 21.6. The third-order valence-electron chi connectivity index (χ3n) is 4.30. The lowest BCUT2D eigenvalue weighted by molar-refractivity contribution is -0.119. The molecule has 2 aromatic rings. The standard InChI is InChI=1S/C16H21N5O/c17-14(22)9-10-5-7-11(8-6-10)19-16-20-13-4-2-1-3-12(13)15(18)21-16/h1-4,10-11H,5-9H2,(H2,17,22)(H3,18,19,20,21). The number of carbonyl (C=O) groups is 1. The number of hydrogen-bond donors (Lipinski definition) is 3. The zero-order valence-corrected chi connectivity index (χ0v) is 12.5. The SMILES string of the molecule is NC(=O)CC1CCC(Nc2nc(N)c3ccccc3n2)CC1. The lowest BCUT2D eigenvalue weighted by atomic mass is 9.84. The van der Waals surface area contributed by atoms with E-state index < -0.39 is 0 Å². The highest BCUT2D eigenvalue weighted by Crippen LogP contribution is 2.28. The number of para-hydroxylation sites is 1. The van der Waals surface area contributed by atoms with Crippen LogP contribution in [0.25, 0.3) is 10.9 Å². The quantitative estimate of drug-likeness (QED) is 0.801. The van der Waals surface area contributed by atoms with Gasteiger partial charge in [-0.15, -0.1) is 0 Å². The Balaban J connectivity index is 1.66. The van der Waals surface area contributed by atoms with Crippen molar-refractivity contribution in [3.8, 4) is 0 Å². The van der Waals surface area contributed by atoms with Gasteiger partial charge in [-0.05, 0) is 43.7 Å². The summed E-state index contributed by atoms with van der Waals surface area (Å²) in [7, 11) is 0. The number of rotatable bonds is 4. The van der Waals surface area contributed by atoms with Crippen molar-refractivity contribution < 1.29 is 4.79 Å². The topological polar surface area (TPSA) is 107 Å². The Morgan fingerprint density at radius 1 is 1.18 bits per heavy atom. The summed E-state index contributed by atoms with van der Waals surface area (Å²) in [5, 5.41) is 4.24. The van der Waals surface area contributed by atoms with Gasteiger partial charge < -0.3 is 16.8 Å². The minimum Gasteiger partial charge on any atom is -0.383 e. The maximum atomic E-state index is 11.0. The largest absolute Gasteiger partial charge is 0.383 e. The Kier molecular flexibility index (Phi) is 4.09. The number of hydrogen-bond acceptors (Lipinski definition) is 5. The number of nitrogens with zero attached hydrogens (tertiary/aromatic N) is 2. The molecule has 1 saturated carbocycles. The molecular formula is C16H21N5O. The molecule has 0 aliphatic heterocycles. The van der Waals surface area contributed by atoms with Gasteiger partial charge in [-0.25, -0.2) is 4.98 Å². The van der Waals surface area contributed by atoms with E-state index in [1.807, 2.05) is 24.3 Å². The predicted octanol–water partition coefficient (Wildman–Crippen LogP) is 2.06. The molecule has 0 radical (unpaired) electrons. The van der Waals surface area contributed by atoms with Gasteiger partial charge in [0.05, 0.1) is 5.52 Å². The third kappa shape index (κ3) is 3.27. The summed E-state index contributed by atoms with van der Waals surface area (Å²) in [6.45, 7) is 0. The molecule has 0 unspecified atom stereocenters. The number of nitrogens with two attached hydrogens (primary N) is 2. The summed E-state index contributed by atoms with van der Waals surface area (Å²) in [5.74, 6) is 1.28. The van der Waals surface area contributed by atoms with Crippen LogP contribution in [0.2, 0.25) is 0 Å². The fraction of sp³-hybridized carbons (Fsp3) is 0.438. The molecular weight excluding hydrogens is 278 g/mol. The van der Waals surface area contributed by atoms with E-state index in [0.717, 1.165) is 36.6 Å². The van der Waals surface area contributed by atoms with Crippen molar-refractivity contribution >= 4 is 28.6 Å². The summed E-state index contributed by atoms with van der Waals surface area (Å²) in [5.41, 5.74) is 12.1. The van der Waals surface area contributed by atoms with Gasteiger partial charge in [-0.1, -0.05) is 12.1 Å². The summed E-state index contributed by atoms with van der Waals surface area (Å²) in [6, 6.07) is 8.04. The Morgan fingerprint density at radius 3 is 2.64 bits per heavy atom. The van der Waals surface area contributed by atoms with Crippen LogP contribution in [-0.4, -0.2) is 21.9 Å². The molecule has 5 N–H and O–H groups in total. The van der Waals surface area contributed by atoms with E-state index in [1.165, 1.54) is 0 Å². The first-order chi connectivity index (χ1) is 10.6. The Labute approximate surface area is 129 Å². The second kappa shape index (κ2) is 6.17. The number of fused-ring (bicyclic) bond motifs is 1. The molecule has 3 rings (SSSR count). The Bertz CT molecular complexity index is 679.